The van der Waals surface area contributed by atoms with Gasteiger partial charge in [-0.25, -0.2) is 0 Å². The van der Waals surface area contributed by atoms with Gasteiger partial charge in [0.1, 0.15) is 11.5 Å². The molecule has 1 aromatic rings. The van der Waals surface area contributed by atoms with E-state index in [4.69, 9.17) is 4.74 Å². The summed E-state index contributed by atoms with van der Waals surface area (Å²) in [4.78, 5) is 2.34. The smallest absolute Gasteiger partial charge is 0.119 e. The van der Waals surface area contributed by atoms with Crippen LogP contribution in [0.4, 0.5) is 0 Å². The molecule has 1 atom stereocenters. The molecule has 0 aromatic heterocycles. The molecule has 1 saturated heterocycles. The summed E-state index contributed by atoms with van der Waals surface area (Å²) in [6.07, 6.45) is 1.06. The van der Waals surface area contributed by atoms with Crippen molar-refractivity contribution in [2.45, 2.75) is 19.4 Å². The Morgan fingerprint density at radius 2 is 2.00 bits per heavy atom. The molecule has 4 nitrogen and oxygen atoms in total. The van der Waals surface area contributed by atoms with Gasteiger partial charge in [0.05, 0.1) is 12.7 Å². The van der Waals surface area contributed by atoms with Crippen molar-refractivity contribution in [3.05, 3.63) is 23.8 Å². The molecule has 0 saturated carbocycles. The highest BCUT2D eigenvalue weighted by atomic mass is 16.5. The average Bonchev–Trinajstić information content (AvgIpc) is 2.28. The maximum Gasteiger partial charge on any atom is 0.119 e. The molecule has 1 aromatic carbocycles. The van der Waals surface area contributed by atoms with Crippen LogP contribution in [0, 0.1) is 0 Å². The zero-order valence-electron chi connectivity index (χ0n) is 10.1. The third-order valence-electron chi connectivity index (χ3n) is 2.99. The molecule has 1 aliphatic heterocycles. The average molecular weight is 237 g/mol. The van der Waals surface area contributed by atoms with Gasteiger partial charge in [0.25, 0.3) is 0 Å². The number of phenolic OH excluding ortho intramolecular Hbond substituents is 2. The second-order valence-corrected chi connectivity index (χ2v) is 4.44. The number of ether oxygens (including phenoxy) is 1. The number of aromatic hydroxyl groups is 2. The summed E-state index contributed by atoms with van der Waals surface area (Å²) in [5, 5.41) is 18.9. The van der Waals surface area contributed by atoms with Gasteiger partial charge in [0.15, 0.2) is 0 Å². The van der Waals surface area contributed by atoms with Crippen LogP contribution in [0.25, 0.3) is 0 Å². The molecule has 0 unspecified atom stereocenters. The molecule has 94 valence electrons. The summed E-state index contributed by atoms with van der Waals surface area (Å²) in [6.45, 7) is 5.68. The van der Waals surface area contributed by atoms with E-state index in [1.165, 1.54) is 6.07 Å². The first kappa shape index (κ1) is 12.2. The second-order valence-electron chi connectivity index (χ2n) is 4.44. The van der Waals surface area contributed by atoms with Crippen LogP contribution in [0.3, 0.4) is 0 Å². The largest absolute Gasteiger partial charge is 0.508 e. The predicted molar refractivity (Wildman–Crippen MR) is 65.2 cm³/mol. The number of phenols is 2. The van der Waals surface area contributed by atoms with E-state index in [1.807, 2.05) is 0 Å². The van der Waals surface area contributed by atoms with Crippen molar-refractivity contribution in [1.82, 2.24) is 4.90 Å². The van der Waals surface area contributed by atoms with E-state index in [1.54, 1.807) is 12.1 Å². The Labute approximate surface area is 101 Å². The molecule has 0 amide bonds. The Morgan fingerprint density at radius 3 is 2.65 bits per heavy atom. The predicted octanol–water partition coefficient (Wildman–Crippen LogP) is 1.88. The molecular formula is C13H19NO3. The minimum absolute atomic E-state index is 0.0618. The number of nitrogens with zero attached hydrogens (tertiary/aromatic N) is 1. The third-order valence-corrected chi connectivity index (χ3v) is 2.99. The minimum Gasteiger partial charge on any atom is -0.508 e. The van der Waals surface area contributed by atoms with Crippen LogP contribution < -0.4 is 0 Å². The first-order chi connectivity index (χ1) is 8.19. The molecule has 4 heteroatoms. The summed E-state index contributed by atoms with van der Waals surface area (Å²) >= 11 is 0. The van der Waals surface area contributed by atoms with Crippen LogP contribution in [0.15, 0.2) is 18.2 Å². The Hall–Kier alpha value is -1.26. The Bertz CT molecular complexity index is 359. The highest BCUT2D eigenvalue weighted by molar-refractivity contribution is 5.37. The fraction of sp³-hybridized carbons (Fsp3) is 0.538. The van der Waals surface area contributed by atoms with E-state index in [-0.39, 0.29) is 17.6 Å². The van der Waals surface area contributed by atoms with Crippen LogP contribution >= 0.6 is 0 Å². The first-order valence-corrected chi connectivity index (χ1v) is 6.06. The van der Waals surface area contributed by atoms with Crippen molar-refractivity contribution in [1.29, 1.82) is 0 Å². The van der Waals surface area contributed by atoms with Gasteiger partial charge in [-0.15, -0.1) is 0 Å². The molecule has 1 fully saturated rings. The van der Waals surface area contributed by atoms with Crippen LogP contribution in [0.1, 0.15) is 25.0 Å². The van der Waals surface area contributed by atoms with E-state index >= 15 is 0 Å². The summed E-state index contributed by atoms with van der Waals surface area (Å²) < 4.78 is 5.69. The molecule has 2 N–H and O–H groups in total. The fourth-order valence-corrected chi connectivity index (χ4v) is 2.23. The van der Waals surface area contributed by atoms with E-state index in [0.29, 0.717) is 6.61 Å². The van der Waals surface area contributed by atoms with Crippen molar-refractivity contribution in [2.24, 2.45) is 0 Å². The molecule has 0 spiro atoms. The molecule has 0 bridgehead atoms. The lowest BCUT2D eigenvalue weighted by molar-refractivity contribution is -0.0300. The molecule has 1 heterocycles. The lowest BCUT2D eigenvalue weighted by atomic mass is 10.1. The van der Waals surface area contributed by atoms with Gasteiger partial charge in [0.2, 0.25) is 0 Å². The first-order valence-electron chi connectivity index (χ1n) is 6.06. The van der Waals surface area contributed by atoms with Crippen LogP contribution in [0.2, 0.25) is 0 Å². The SMILES string of the molecule is CCCN1CCO[C@@H](c2cc(O)cc(O)c2)C1. The molecule has 0 aliphatic carbocycles. The summed E-state index contributed by atoms with van der Waals surface area (Å²) in [6, 6.07) is 4.63. The number of morpholine rings is 1. The van der Waals surface area contributed by atoms with Gasteiger partial charge in [-0.05, 0) is 30.7 Å². The standard InChI is InChI=1S/C13H19NO3/c1-2-3-14-4-5-17-13(9-14)10-6-11(15)8-12(16)7-10/h6-8,13,15-16H,2-5,9H2,1H3/t13-/m1/s1. The second kappa shape index (κ2) is 5.38. The number of hydrogen-bond donors (Lipinski definition) is 2. The fourth-order valence-electron chi connectivity index (χ4n) is 2.23. The molecule has 2 rings (SSSR count). The van der Waals surface area contributed by atoms with E-state index in [2.05, 4.69) is 11.8 Å². The topological polar surface area (TPSA) is 52.9 Å². The summed E-state index contributed by atoms with van der Waals surface area (Å²) in [7, 11) is 0. The number of benzene rings is 1. The highest BCUT2D eigenvalue weighted by Gasteiger charge is 2.22. The van der Waals surface area contributed by atoms with Gasteiger partial charge in [0, 0.05) is 19.2 Å². The van der Waals surface area contributed by atoms with Crippen LogP contribution in [-0.2, 0) is 4.74 Å². The summed E-state index contributed by atoms with van der Waals surface area (Å²) in [5.41, 5.74) is 0.836. The molecular weight excluding hydrogens is 218 g/mol. The van der Waals surface area contributed by atoms with Crippen molar-refractivity contribution < 1.29 is 14.9 Å². The van der Waals surface area contributed by atoms with Crippen molar-refractivity contribution in [2.75, 3.05) is 26.2 Å². The van der Waals surface area contributed by atoms with Crippen LogP contribution in [0.5, 0.6) is 11.5 Å². The monoisotopic (exact) mass is 237 g/mol. The highest BCUT2D eigenvalue weighted by Crippen LogP contribution is 2.29. The number of rotatable bonds is 3. The van der Waals surface area contributed by atoms with Crippen LogP contribution in [-0.4, -0.2) is 41.4 Å². The minimum atomic E-state index is -0.0618. The van der Waals surface area contributed by atoms with Gasteiger partial charge >= 0.3 is 0 Å². The maximum absolute atomic E-state index is 9.46. The molecule has 17 heavy (non-hydrogen) atoms. The Morgan fingerprint density at radius 1 is 1.29 bits per heavy atom. The molecule has 0 radical (unpaired) electrons. The quantitative estimate of drug-likeness (QED) is 0.842. The van der Waals surface area contributed by atoms with Crippen molar-refractivity contribution >= 4 is 0 Å². The Balaban J connectivity index is 2.10. The van der Waals surface area contributed by atoms with Gasteiger partial charge in [-0.1, -0.05) is 6.92 Å². The van der Waals surface area contributed by atoms with Gasteiger partial charge in [-0.2, -0.15) is 0 Å². The lowest BCUT2D eigenvalue weighted by Gasteiger charge is -2.33. The Kier molecular flexibility index (Phi) is 3.86. The normalized spacial score (nSPS) is 21.6. The maximum atomic E-state index is 9.46. The van der Waals surface area contributed by atoms with Gasteiger partial charge in [-0.3, -0.25) is 4.90 Å². The van der Waals surface area contributed by atoms with Crippen molar-refractivity contribution in [3.8, 4) is 11.5 Å². The lowest BCUT2D eigenvalue weighted by Crippen LogP contribution is -2.38. The summed E-state index contributed by atoms with van der Waals surface area (Å²) in [5.74, 6) is 0.160. The van der Waals surface area contributed by atoms with E-state index < -0.39 is 0 Å². The third kappa shape index (κ3) is 3.11. The molecule has 1 aliphatic rings. The zero-order valence-corrected chi connectivity index (χ0v) is 10.1. The van der Waals surface area contributed by atoms with Gasteiger partial charge < -0.3 is 14.9 Å². The van der Waals surface area contributed by atoms with E-state index in [9.17, 15) is 10.2 Å². The van der Waals surface area contributed by atoms with Crippen molar-refractivity contribution in [3.63, 3.8) is 0 Å². The zero-order chi connectivity index (χ0) is 12.3. The number of hydrogen-bond acceptors (Lipinski definition) is 4. The van der Waals surface area contributed by atoms with E-state index in [0.717, 1.165) is 31.6 Å².